The van der Waals surface area contributed by atoms with Crippen LogP contribution in [-0.4, -0.2) is 36.1 Å². The summed E-state index contributed by atoms with van der Waals surface area (Å²) in [5.74, 6) is 2.01. The molecule has 2 fully saturated rings. The largest absolute Gasteiger partial charge is 0.489 e. The molecule has 132 valence electrons. The molecule has 4 rings (SSSR count). The second kappa shape index (κ2) is 6.15. The van der Waals surface area contributed by atoms with Gasteiger partial charge < -0.3 is 15.4 Å². The average molecular weight is 360 g/mol. The molecule has 2 heterocycles. The van der Waals surface area contributed by atoms with Gasteiger partial charge in [0, 0.05) is 16.7 Å². The number of carbonyl (C=O) groups excluding carboxylic acids is 1. The zero-order valence-corrected chi connectivity index (χ0v) is 15.1. The van der Waals surface area contributed by atoms with Gasteiger partial charge in [-0.1, -0.05) is 35.9 Å². The van der Waals surface area contributed by atoms with Crippen LogP contribution < -0.4 is 15.4 Å². The maximum atomic E-state index is 12.5. The molecule has 1 aliphatic carbocycles. The molecule has 5 nitrogen and oxygen atoms in total. The lowest BCUT2D eigenvalue weighted by Crippen LogP contribution is -2.49. The number of nitrogens with one attached hydrogen (secondary N) is 2. The summed E-state index contributed by atoms with van der Waals surface area (Å²) in [5.41, 5.74) is -0.456. The highest BCUT2D eigenvalue weighted by Gasteiger charge is 2.57. The normalized spacial score (nSPS) is 24.8. The summed E-state index contributed by atoms with van der Waals surface area (Å²) in [7, 11) is 0. The highest BCUT2D eigenvalue weighted by Crippen LogP contribution is 2.48. The Hall–Kier alpha value is -1.85. The summed E-state index contributed by atoms with van der Waals surface area (Å²) < 4.78 is 5.99. The maximum Gasteiger partial charge on any atom is 0.224 e. The zero-order valence-electron chi connectivity index (χ0n) is 14.4. The molecule has 1 amide bonds. The molecule has 0 radical (unpaired) electrons. The summed E-state index contributed by atoms with van der Waals surface area (Å²) >= 11 is 6.15. The van der Waals surface area contributed by atoms with E-state index in [2.05, 4.69) is 15.6 Å². The molecule has 2 aromatic rings. The third-order valence-electron chi connectivity index (χ3n) is 5.15. The van der Waals surface area contributed by atoms with Crippen LogP contribution in [0.25, 0.3) is 10.8 Å². The molecule has 1 saturated carbocycles. The van der Waals surface area contributed by atoms with Crippen LogP contribution in [0.2, 0.25) is 5.15 Å². The van der Waals surface area contributed by atoms with E-state index in [9.17, 15) is 4.79 Å². The Kier molecular flexibility index (Phi) is 4.08. The Bertz CT molecular complexity index is 813. The lowest BCUT2D eigenvalue weighted by atomic mass is 10.1. The van der Waals surface area contributed by atoms with Gasteiger partial charge in [0.2, 0.25) is 5.91 Å². The maximum absolute atomic E-state index is 12.5. The molecule has 2 aliphatic rings. The predicted molar refractivity (Wildman–Crippen MR) is 97.8 cm³/mol. The van der Waals surface area contributed by atoms with Crippen LogP contribution in [0, 0.1) is 17.8 Å². The quantitative estimate of drug-likeness (QED) is 0.805. The standard InChI is InChI=1S/C19H22ClN3O2/c1-19(2,23-18(24)16-13-7-21-8-14(13)16)10-25-15-9-22-17(20)12-6-4-3-5-11(12)15/h3-6,9,13-14,16,21H,7-8,10H2,1-2H3,(H,23,24). The molecule has 1 aromatic heterocycles. The summed E-state index contributed by atoms with van der Waals surface area (Å²) in [6.45, 7) is 6.25. The smallest absolute Gasteiger partial charge is 0.224 e. The van der Waals surface area contributed by atoms with Gasteiger partial charge in [-0.2, -0.15) is 0 Å². The summed E-state index contributed by atoms with van der Waals surface area (Å²) in [6.07, 6.45) is 1.64. The number of fused-ring (bicyclic) bond motifs is 2. The van der Waals surface area contributed by atoms with E-state index in [1.165, 1.54) is 0 Å². The minimum absolute atomic E-state index is 0.143. The molecule has 1 aromatic carbocycles. The molecule has 25 heavy (non-hydrogen) atoms. The van der Waals surface area contributed by atoms with E-state index in [0.717, 1.165) is 23.9 Å². The Labute approximate surface area is 152 Å². The van der Waals surface area contributed by atoms with Crippen molar-refractivity contribution in [1.82, 2.24) is 15.6 Å². The van der Waals surface area contributed by atoms with Crippen LogP contribution in [0.3, 0.4) is 0 Å². The molecule has 1 saturated heterocycles. The molecule has 0 spiro atoms. The number of nitrogens with zero attached hydrogens (tertiary/aromatic N) is 1. The monoisotopic (exact) mass is 359 g/mol. The molecule has 1 aliphatic heterocycles. The van der Waals surface area contributed by atoms with Gasteiger partial charge in [-0.15, -0.1) is 0 Å². The van der Waals surface area contributed by atoms with Gasteiger partial charge in [-0.3, -0.25) is 4.79 Å². The Morgan fingerprint density at radius 3 is 2.72 bits per heavy atom. The fraction of sp³-hybridized carbons (Fsp3) is 0.474. The lowest BCUT2D eigenvalue weighted by molar-refractivity contribution is -0.125. The van der Waals surface area contributed by atoms with Gasteiger partial charge in [0.05, 0.1) is 11.7 Å². The summed E-state index contributed by atoms with van der Waals surface area (Å²) in [4.78, 5) is 16.7. The number of aromatic nitrogens is 1. The van der Waals surface area contributed by atoms with E-state index in [0.29, 0.717) is 29.3 Å². The van der Waals surface area contributed by atoms with Crippen molar-refractivity contribution in [1.29, 1.82) is 0 Å². The lowest BCUT2D eigenvalue weighted by Gasteiger charge is -2.27. The van der Waals surface area contributed by atoms with Crippen molar-refractivity contribution in [2.24, 2.45) is 17.8 Å². The third kappa shape index (κ3) is 3.18. The second-order valence-electron chi connectivity index (χ2n) is 7.63. The number of hydrogen-bond donors (Lipinski definition) is 2. The minimum atomic E-state index is -0.456. The molecule has 6 heteroatoms. The predicted octanol–water partition coefficient (Wildman–Crippen LogP) is 2.63. The number of halogens is 1. The number of hydrogen-bond acceptors (Lipinski definition) is 4. The van der Waals surface area contributed by atoms with Crippen LogP contribution in [0.15, 0.2) is 30.5 Å². The van der Waals surface area contributed by atoms with E-state index in [1.54, 1.807) is 6.20 Å². The molecule has 0 bridgehead atoms. The minimum Gasteiger partial charge on any atom is -0.489 e. The first-order valence-corrected chi connectivity index (χ1v) is 9.03. The summed E-state index contributed by atoms with van der Waals surface area (Å²) in [5, 5.41) is 8.70. The number of carbonyl (C=O) groups is 1. The van der Waals surface area contributed by atoms with Crippen molar-refractivity contribution in [3.63, 3.8) is 0 Å². The van der Waals surface area contributed by atoms with E-state index in [4.69, 9.17) is 16.3 Å². The number of benzene rings is 1. The first-order valence-electron chi connectivity index (χ1n) is 8.65. The van der Waals surface area contributed by atoms with Gasteiger partial charge >= 0.3 is 0 Å². The SMILES string of the molecule is CC(C)(COc1cnc(Cl)c2ccccc12)NC(=O)C1C2CNCC21. The number of amides is 1. The van der Waals surface area contributed by atoms with Gasteiger partial charge in [0.1, 0.15) is 17.5 Å². The number of pyridine rings is 1. The van der Waals surface area contributed by atoms with Crippen molar-refractivity contribution in [3.8, 4) is 5.75 Å². The number of ether oxygens (including phenoxy) is 1. The summed E-state index contributed by atoms with van der Waals surface area (Å²) in [6, 6.07) is 7.75. The van der Waals surface area contributed by atoms with E-state index < -0.39 is 5.54 Å². The second-order valence-corrected chi connectivity index (χ2v) is 7.99. The van der Waals surface area contributed by atoms with Crippen molar-refractivity contribution in [2.45, 2.75) is 19.4 Å². The third-order valence-corrected chi connectivity index (χ3v) is 5.46. The van der Waals surface area contributed by atoms with E-state index >= 15 is 0 Å². The van der Waals surface area contributed by atoms with Crippen molar-refractivity contribution in [3.05, 3.63) is 35.6 Å². The van der Waals surface area contributed by atoms with Crippen molar-refractivity contribution in [2.75, 3.05) is 19.7 Å². The van der Waals surface area contributed by atoms with Gasteiger partial charge in [-0.25, -0.2) is 4.98 Å². The van der Waals surface area contributed by atoms with Crippen LogP contribution in [-0.2, 0) is 4.79 Å². The first kappa shape index (κ1) is 16.6. The molecular formula is C19H22ClN3O2. The highest BCUT2D eigenvalue weighted by molar-refractivity contribution is 6.34. The van der Waals surface area contributed by atoms with Crippen LogP contribution in [0.5, 0.6) is 5.75 Å². The van der Waals surface area contributed by atoms with Crippen LogP contribution in [0.1, 0.15) is 13.8 Å². The highest BCUT2D eigenvalue weighted by atomic mass is 35.5. The number of rotatable bonds is 5. The Balaban J connectivity index is 1.42. The van der Waals surface area contributed by atoms with Crippen molar-refractivity contribution < 1.29 is 9.53 Å². The van der Waals surface area contributed by atoms with Crippen LogP contribution in [0.4, 0.5) is 0 Å². The number of piperidine rings is 1. The Morgan fingerprint density at radius 2 is 2.00 bits per heavy atom. The topological polar surface area (TPSA) is 63.2 Å². The first-order chi connectivity index (χ1) is 12.0. The fourth-order valence-corrected chi connectivity index (χ4v) is 3.98. The van der Waals surface area contributed by atoms with Gasteiger partial charge in [0.15, 0.2) is 0 Å². The molecule has 2 atom stereocenters. The average Bonchev–Trinajstić information content (AvgIpc) is 3.08. The Morgan fingerprint density at radius 1 is 1.32 bits per heavy atom. The van der Waals surface area contributed by atoms with Crippen LogP contribution >= 0.6 is 11.6 Å². The van der Waals surface area contributed by atoms with E-state index in [1.807, 2.05) is 38.1 Å². The molecule has 2 N–H and O–H groups in total. The van der Waals surface area contributed by atoms with Crippen molar-refractivity contribution >= 4 is 28.3 Å². The fourth-order valence-electron chi connectivity index (χ4n) is 3.77. The molecular weight excluding hydrogens is 338 g/mol. The van der Waals surface area contributed by atoms with Gasteiger partial charge in [0.25, 0.3) is 0 Å². The van der Waals surface area contributed by atoms with Gasteiger partial charge in [-0.05, 0) is 38.8 Å². The molecule has 2 unspecified atom stereocenters. The zero-order chi connectivity index (χ0) is 17.6. The van der Waals surface area contributed by atoms with E-state index in [-0.39, 0.29) is 11.8 Å².